The molecule has 0 fully saturated rings. The van der Waals surface area contributed by atoms with Crippen LogP contribution >= 0.6 is 27.3 Å². The lowest BCUT2D eigenvalue weighted by atomic mass is 10.3. The van der Waals surface area contributed by atoms with Gasteiger partial charge in [-0.1, -0.05) is 12.1 Å². The smallest absolute Gasteiger partial charge is 0.340 e. The molecule has 106 valence electrons. The molecule has 1 N–H and O–H groups in total. The summed E-state index contributed by atoms with van der Waals surface area (Å²) in [5, 5.41) is 2.84. The van der Waals surface area contributed by atoms with Gasteiger partial charge in [0.15, 0.2) is 0 Å². The van der Waals surface area contributed by atoms with E-state index in [0.717, 1.165) is 11.3 Å². The number of ether oxygens (including phenoxy) is 1. The van der Waals surface area contributed by atoms with Crippen molar-refractivity contribution >= 4 is 48.9 Å². The Hall–Kier alpha value is -1.38. The molecule has 1 heterocycles. The molecular weight excluding hydrogens is 366 g/mol. The average Bonchev–Trinajstić information content (AvgIpc) is 2.90. The molecule has 2 aromatic rings. The summed E-state index contributed by atoms with van der Waals surface area (Å²) in [5.41, 5.74) is 0.423. The van der Waals surface area contributed by atoms with Crippen molar-refractivity contribution in [1.29, 1.82) is 0 Å². The fourth-order valence-corrected chi connectivity index (χ4v) is 4.45. The van der Waals surface area contributed by atoms with E-state index in [1.54, 1.807) is 24.3 Å². The van der Waals surface area contributed by atoms with Crippen LogP contribution < -0.4 is 4.72 Å². The third kappa shape index (κ3) is 3.02. The summed E-state index contributed by atoms with van der Waals surface area (Å²) in [5.74, 6) is -0.682. The van der Waals surface area contributed by atoms with Crippen LogP contribution in [0.2, 0.25) is 0 Å². The maximum atomic E-state index is 12.3. The number of hydrogen-bond acceptors (Lipinski definition) is 5. The first-order chi connectivity index (χ1) is 9.45. The van der Waals surface area contributed by atoms with Gasteiger partial charge in [0.05, 0.1) is 18.4 Å². The molecule has 0 saturated carbocycles. The molecule has 2 rings (SSSR count). The van der Waals surface area contributed by atoms with Crippen LogP contribution in [-0.4, -0.2) is 21.5 Å². The van der Waals surface area contributed by atoms with Gasteiger partial charge in [-0.3, -0.25) is 4.72 Å². The van der Waals surface area contributed by atoms with Crippen molar-refractivity contribution < 1.29 is 17.9 Å². The molecule has 0 atom stereocenters. The Morgan fingerprint density at radius 2 is 2.00 bits per heavy atom. The summed E-state index contributed by atoms with van der Waals surface area (Å²) in [6, 6.07) is 6.81. The fourth-order valence-electron chi connectivity index (χ4n) is 1.50. The molecule has 0 aliphatic heterocycles. The number of nitrogens with one attached hydrogen (secondary N) is 1. The molecule has 1 aromatic carbocycles. The van der Waals surface area contributed by atoms with E-state index in [0.29, 0.717) is 10.2 Å². The number of hydrogen-bond donors (Lipinski definition) is 1. The summed E-state index contributed by atoms with van der Waals surface area (Å²) in [4.78, 5) is 11.5. The second-order valence-electron chi connectivity index (χ2n) is 3.73. The van der Waals surface area contributed by atoms with Crippen molar-refractivity contribution in [3.63, 3.8) is 0 Å². The second-order valence-corrected chi connectivity index (χ2v) is 6.98. The van der Waals surface area contributed by atoms with Crippen LogP contribution in [0, 0.1) is 0 Å². The highest BCUT2D eigenvalue weighted by Gasteiger charge is 2.24. The number of sulfonamides is 1. The van der Waals surface area contributed by atoms with E-state index in [2.05, 4.69) is 25.4 Å². The van der Waals surface area contributed by atoms with Gasteiger partial charge in [-0.25, -0.2) is 13.2 Å². The predicted molar refractivity (Wildman–Crippen MR) is 80.6 cm³/mol. The topological polar surface area (TPSA) is 72.5 Å². The minimum Gasteiger partial charge on any atom is -0.465 e. The van der Waals surface area contributed by atoms with Crippen LogP contribution in [0.15, 0.2) is 44.4 Å². The number of methoxy groups -OCH3 is 1. The Morgan fingerprint density at radius 1 is 1.30 bits per heavy atom. The minimum absolute atomic E-state index is 0.0250. The summed E-state index contributed by atoms with van der Waals surface area (Å²) >= 11 is 4.38. The molecule has 0 aliphatic carbocycles. The van der Waals surface area contributed by atoms with Crippen LogP contribution in [0.1, 0.15) is 10.4 Å². The van der Waals surface area contributed by atoms with Gasteiger partial charge >= 0.3 is 5.97 Å². The summed E-state index contributed by atoms with van der Waals surface area (Å²) in [6.45, 7) is 0. The maximum Gasteiger partial charge on any atom is 0.340 e. The number of esters is 1. The lowest BCUT2D eigenvalue weighted by Gasteiger charge is -2.09. The van der Waals surface area contributed by atoms with Crippen LogP contribution in [0.25, 0.3) is 0 Å². The molecule has 8 heteroatoms. The normalized spacial score (nSPS) is 11.1. The fraction of sp³-hybridized carbons (Fsp3) is 0.0833. The number of thiophene rings is 1. The molecular formula is C12H10BrNO4S2. The van der Waals surface area contributed by atoms with E-state index in [1.165, 1.54) is 17.9 Å². The third-order valence-corrected chi connectivity index (χ3v) is 5.43. The van der Waals surface area contributed by atoms with E-state index < -0.39 is 16.0 Å². The highest BCUT2D eigenvalue weighted by molar-refractivity contribution is 9.10. The number of carbonyl (C=O) groups is 1. The molecule has 20 heavy (non-hydrogen) atoms. The summed E-state index contributed by atoms with van der Waals surface area (Å²) < 4.78 is 32.3. The number of anilines is 1. The quantitative estimate of drug-likeness (QED) is 0.833. The highest BCUT2D eigenvalue weighted by Crippen LogP contribution is 2.27. The Bertz CT molecular complexity index is 739. The molecule has 0 unspecified atom stereocenters. The van der Waals surface area contributed by atoms with E-state index >= 15 is 0 Å². The Kier molecular flexibility index (Phi) is 4.46. The zero-order chi connectivity index (χ0) is 14.8. The second kappa shape index (κ2) is 5.94. The van der Waals surface area contributed by atoms with Gasteiger partial charge in [-0.15, -0.1) is 0 Å². The van der Waals surface area contributed by atoms with Crippen molar-refractivity contribution in [3.8, 4) is 0 Å². The van der Waals surface area contributed by atoms with Gasteiger partial charge < -0.3 is 4.74 Å². The van der Waals surface area contributed by atoms with E-state index in [4.69, 9.17) is 0 Å². The minimum atomic E-state index is -3.85. The highest BCUT2D eigenvalue weighted by atomic mass is 79.9. The van der Waals surface area contributed by atoms with Crippen molar-refractivity contribution in [2.75, 3.05) is 11.8 Å². The van der Waals surface area contributed by atoms with Gasteiger partial charge in [-0.05, 0) is 28.1 Å². The first-order valence-electron chi connectivity index (χ1n) is 5.37. The summed E-state index contributed by atoms with van der Waals surface area (Å²) in [6.07, 6.45) is 0. The van der Waals surface area contributed by atoms with Gasteiger partial charge in [0.1, 0.15) is 4.90 Å². The number of para-hydroxylation sites is 1. The van der Waals surface area contributed by atoms with Crippen LogP contribution in [0.4, 0.5) is 5.69 Å². The van der Waals surface area contributed by atoms with Crippen molar-refractivity contribution in [1.82, 2.24) is 0 Å². The Labute approximate surface area is 128 Å². The maximum absolute atomic E-state index is 12.3. The standard InChI is InChI=1S/C12H10BrNO4S2/c1-18-12(15)8-6-19-7-11(8)20(16,17)14-10-5-3-2-4-9(10)13/h2-7,14H,1H3. The van der Waals surface area contributed by atoms with Gasteiger partial charge in [0, 0.05) is 15.2 Å². The van der Waals surface area contributed by atoms with Crippen LogP contribution in [0.3, 0.4) is 0 Å². The Balaban J connectivity index is 2.40. The molecule has 0 amide bonds. The molecule has 1 aromatic heterocycles. The van der Waals surface area contributed by atoms with Gasteiger partial charge in [-0.2, -0.15) is 11.3 Å². The molecule has 0 radical (unpaired) electrons. The molecule has 0 aliphatic rings. The lowest BCUT2D eigenvalue weighted by Crippen LogP contribution is -2.16. The van der Waals surface area contributed by atoms with Gasteiger partial charge in [0.2, 0.25) is 0 Å². The number of halogens is 1. The Morgan fingerprint density at radius 3 is 2.65 bits per heavy atom. The molecule has 0 spiro atoms. The zero-order valence-corrected chi connectivity index (χ0v) is 13.5. The zero-order valence-electron chi connectivity index (χ0n) is 10.3. The summed E-state index contributed by atoms with van der Waals surface area (Å²) in [7, 11) is -2.64. The molecule has 0 bridgehead atoms. The van der Waals surface area contributed by atoms with Crippen molar-refractivity contribution in [3.05, 3.63) is 45.1 Å². The average molecular weight is 376 g/mol. The first kappa shape index (κ1) is 15.0. The van der Waals surface area contributed by atoms with Crippen molar-refractivity contribution in [2.45, 2.75) is 4.90 Å². The van der Waals surface area contributed by atoms with E-state index in [1.807, 2.05) is 0 Å². The first-order valence-corrected chi connectivity index (χ1v) is 8.59. The molecule has 0 saturated heterocycles. The third-order valence-electron chi connectivity index (χ3n) is 2.44. The van der Waals surface area contributed by atoms with Crippen LogP contribution in [-0.2, 0) is 14.8 Å². The van der Waals surface area contributed by atoms with Gasteiger partial charge in [0.25, 0.3) is 10.0 Å². The monoisotopic (exact) mass is 375 g/mol. The molecule has 5 nitrogen and oxygen atoms in total. The SMILES string of the molecule is COC(=O)c1cscc1S(=O)(=O)Nc1ccccc1Br. The lowest BCUT2D eigenvalue weighted by molar-refractivity contribution is 0.0597. The van der Waals surface area contributed by atoms with E-state index in [9.17, 15) is 13.2 Å². The number of carbonyl (C=O) groups excluding carboxylic acids is 1. The van der Waals surface area contributed by atoms with Crippen LogP contribution in [0.5, 0.6) is 0 Å². The van der Waals surface area contributed by atoms with Crippen molar-refractivity contribution in [2.24, 2.45) is 0 Å². The van der Waals surface area contributed by atoms with E-state index in [-0.39, 0.29) is 10.5 Å². The number of rotatable bonds is 4. The largest absolute Gasteiger partial charge is 0.465 e. The predicted octanol–water partition coefficient (Wildman–Crippen LogP) is 3.10. The number of benzene rings is 1.